The van der Waals surface area contributed by atoms with Crippen LogP contribution >= 0.6 is 0 Å². The predicted molar refractivity (Wildman–Crippen MR) is 91.6 cm³/mol. The van der Waals surface area contributed by atoms with E-state index < -0.39 is 0 Å². The summed E-state index contributed by atoms with van der Waals surface area (Å²) >= 11 is 0. The molecule has 0 fully saturated rings. The van der Waals surface area contributed by atoms with Crippen LogP contribution in [0.5, 0.6) is 0 Å². The molecule has 2 rings (SSSR count). The molecule has 0 aromatic heterocycles. The molecule has 0 heterocycles. The molecule has 0 saturated heterocycles. The van der Waals surface area contributed by atoms with Gasteiger partial charge in [0.25, 0.3) is 5.91 Å². The zero-order valence-electron chi connectivity index (χ0n) is 13.2. The highest BCUT2D eigenvalue weighted by Gasteiger charge is 2.05. The monoisotopic (exact) mass is 309 g/mol. The summed E-state index contributed by atoms with van der Waals surface area (Å²) in [7, 11) is 0. The minimum atomic E-state index is -0.303. The standard InChI is InChI=1S/C18H19N3O2/c1-3-17(22)20-16-9-7-15(8-10-16)18(23)21-19-12-14-6-4-5-13(2)11-14/h4-12H,3H2,1-2H3,(H,20,22)(H,21,23). The summed E-state index contributed by atoms with van der Waals surface area (Å²) in [4.78, 5) is 23.3. The second-order valence-corrected chi connectivity index (χ2v) is 5.09. The number of benzene rings is 2. The Morgan fingerprint density at radius 1 is 1.13 bits per heavy atom. The van der Waals surface area contributed by atoms with Gasteiger partial charge in [0.2, 0.25) is 5.91 Å². The molecule has 2 N–H and O–H groups in total. The van der Waals surface area contributed by atoms with Crippen molar-refractivity contribution in [1.29, 1.82) is 0 Å². The lowest BCUT2D eigenvalue weighted by atomic mass is 10.2. The number of nitrogens with one attached hydrogen (secondary N) is 2. The first-order valence-electron chi connectivity index (χ1n) is 7.38. The van der Waals surface area contributed by atoms with Crippen LogP contribution in [0, 0.1) is 6.92 Å². The molecule has 5 nitrogen and oxygen atoms in total. The Kier molecular flexibility index (Phi) is 5.63. The summed E-state index contributed by atoms with van der Waals surface area (Å²) in [6.45, 7) is 3.78. The third-order valence-electron chi connectivity index (χ3n) is 3.17. The number of rotatable bonds is 5. The highest BCUT2D eigenvalue weighted by atomic mass is 16.2. The van der Waals surface area contributed by atoms with E-state index in [-0.39, 0.29) is 11.8 Å². The van der Waals surface area contributed by atoms with Crippen molar-refractivity contribution < 1.29 is 9.59 Å². The zero-order valence-corrected chi connectivity index (χ0v) is 13.2. The molecule has 0 saturated carbocycles. The van der Waals surface area contributed by atoms with Crippen LogP contribution < -0.4 is 10.7 Å². The van der Waals surface area contributed by atoms with Gasteiger partial charge < -0.3 is 5.32 Å². The van der Waals surface area contributed by atoms with Gasteiger partial charge in [0, 0.05) is 17.7 Å². The van der Waals surface area contributed by atoms with E-state index in [1.165, 1.54) is 0 Å². The van der Waals surface area contributed by atoms with Crippen LogP contribution in [-0.4, -0.2) is 18.0 Å². The van der Waals surface area contributed by atoms with Crippen LogP contribution in [0.4, 0.5) is 5.69 Å². The molecule has 0 spiro atoms. The highest BCUT2D eigenvalue weighted by molar-refractivity contribution is 5.96. The second kappa shape index (κ2) is 7.89. The lowest BCUT2D eigenvalue weighted by molar-refractivity contribution is -0.115. The predicted octanol–water partition coefficient (Wildman–Crippen LogP) is 3.11. The van der Waals surface area contributed by atoms with Gasteiger partial charge in [-0.1, -0.05) is 36.8 Å². The van der Waals surface area contributed by atoms with Crippen molar-refractivity contribution in [3.63, 3.8) is 0 Å². The first-order chi connectivity index (χ1) is 11.1. The Balaban J connectivity index is 1.94. The molecule has 0 aliphatic heterocycles. The number of anilines is 1. The van der Waals surface area contributed by atoms with Gasteiger partial charge in [-0.25, -0.2) is 5.43 Å². The fourth-order valence-electron chi connectivity index (χ4n) is 1.93. The minimum absolute atomic E-state index is 0.0649. The minimum Gasteiger partial charge on any atom is -0.326 e. The molecule has 2 aromatic rings. The van der Waals surface area contributed by atoms with Crippen molar-refractivity contribution in [3.8, 4) is 0 Å². The summed E-state index contributed by atoms with van der Waals surface area (Å²) in [6.07, 6.45) is 2.01. The van der Waals surface area contributed by atoms with Gasteiger partial charge in [0.1, 0.15) is 0 Å². The summed E-state index contributed by atoms with van der Waals surface area (Å²) < 4.78 is 0. The van der Waals surface area contributed by atoms with Crippen molar-refractivity contribution in [1.82, 2.24) is 5.43 Å². The first kappa shape index (κ1) is 16.4. The lowest BCUT2D eigenvalue weighted by Gasteiger charge is -2.04. The Bertz CT molecular complexity index is 721. The largest absolute Gasteiger partial charge is 0.326 e. The Hall–Kier alpha value is -2.95. The van der Waals surface area contributed by atoms with E-state index in [2.05, 4.69) is 15.8 Å². The van der Waals surface area contributed by atoms with Gasteiger partial charge >= 0.3 is 0 Å². The molecule has 0 unspecified atom stereocenters. The Labute approximate surface area is 135 Å². The fourth-order valence-corrected chi connectivity index (χ4v) is 1.93. The lowest BCUT2D eigenvalue weighted by Crippen LogP contribution is -2.17. The van der Waals surface area contributed by atoms with Crippen LogP contribution in [0.2, 0.25) is 0 Å². The maximum atomic E-state index is 12.0. The maximum Gasteiger partial charge on any atom is 0.271 e. The molecule has 2 aromatic carbocycles. The molecular weight excluding hydrogens is 290 g/mol. The molecular formula is C18H19N3O2. The van der Waals surface area contributed by atoms with Crippen molar-refractivity contribution in [2.24, 2.45) is 5.10 Å². The normalized spacial score (nSPS) is 10.5. The summed E-state index contributed by atoms with van der Waals surface area (Å²) in [5.74, 6) is -0.368. The van der Waals surface area contributed by atoms with E-state index in [1.807, 2.05) is 31.2 Å². The van der Waals surface area contributed by atoms with E-state index in [4.69, 9.17) is 0 Å². The number of amides is 2. The number of carbonyl (C=O) groups excluding carboxylic acids is 2. The molecule has 118 valence electrons. The molecule has 0 radical (unpaired) electrons. The summed E-state index contributed by atoms with van der Waals surface area (Å²) in [6, 6.07) is 14.5. The fraction of sp³-hybridized carbons (Fsp3) is 0.167. The zero-order chi connectivity index (χ0) is 16.7. The van der Waals surface area contributed by atoms with E-state index in [0.29, 0.717) is 17.7 Å². The van der Waals surface area contributed by atoms with Crippen molar-refractivity contribution in [2.75, 3.05) is 5.32 Å². The highest BCUT2D eigenvalue weighted by Crippen LogP contribution is 2.10. The van der Waals surface area contributed by atoms with Crippen LogP contribution in [0.3, 0.4) is 0 Å². The molecule has 0 atom stereocenters. The summed E-state index contributed by atoms with van der Waals surface area (Å²) in [5, 5.41) is 6.68. The van der Waals surface area contributed by atoms with Crippen LogP contribution in [-0.2, 0) is 4.79 Å². The molecule has 5 heteroatoms. The Morgan fingerprint density at radius 2 is 1.87 bits per heavy atom. The number of hydrazone groups is 1. The van der Waals surface area contributed by atoms with Crippen molar-refractivity contribution >= 4 is 23.7 Å². The van der Waals surface area contributed by atoms with Gasteiger partial charge in [-0.2, -0.15) is 5.10 Å². The van der Waals surface area contributed by atoms with Crippen LogP contribution in [0.25, 0.3) is 0 Å². The number of hydrogen-bond acceptors (Lipinski definition) is 3. The number of nitrogens with zero attached hydrogens (tertiary/aromatic N) is 1. The number of carbonyl (C=O) groups is 2. The second-order valence-electron chi connectivity index (χ2n) is 5.09. The van der Waals surface area contributed by atoms with Crippen LogP contribution in [0.1, 0.15) is 34.8 Å². The van der Waals surface area contributed by atoms with Gasteiger partial charge in [0.05, 0.1) is 6.21 Å². The quantitative estimate of drug-likeness (QED) is 0.658. The topological polar surface area (TPSA) is 70.6 Å². The molecule has 2 amide bonds. The average molecular weight is 309 g/mol. The Morgan fingerprint density at radius 3 is 2.52 bits per heavy atom. The molecule has 0 aliphatic rings. The average Bonchev–Trinajstić information content (AvgIpc) is 2.55. The van der Waals surface area contributed by atoms with Gasteiger partial charge in [0.15, 0.2) is 0 Å². The summed E-state index contributed by atoms with van der Waals surface area (Å²) in [5.41, 5.74) is 5.67. The van der Waals surface area contributed by atoms with E-state index in [9.17, 15) is 9.59 Å². The number of aryl methyl sites for hydroxylation is 1. The van der Waals surface area contributed by atoms with Gasteiger partial charge in [-0.05, 0) is 36.8 Å². The molecule has 0 aliphatic carbocycles. The van der Waals surface area contributed by atoms with Crippen molar-refractivity contribution in [2.45, 2.75) is 20.3 Å². The number of hydrogen-bond donors (Lipinski definition) is 2. The first-order valence-corrected chi connectivity index (χ1v) is 7.38. The van der Waals surface area contributed by atoms with E-state index >= 15 is 0 Å². The third kappa shape index (κ3) is 5.07. The molecule has 0 bridgehead atoms. The van der Waals surface area contributed by atoms with E-state index in [1.54, 1.807) is 37.4 Å². The van der Waals surface area contributed by atoms with Crippen LogP contribution in [0.15, 0.2) is 53.6 Å². The van der Waals surface area contributed by atoms with Gasteiger partial charge in [-0.3, -0.25) is 9.59 Å². The van der Waals surface area contributed by atoms with Gasteiger partial charge in [-0.15, -0.1) is 0 Å². The molecule has 23 heavy (non-hydrogen) atoms. The van der Waals surface area contributed by atoms with E-state index in [0.717, 1.165) is 11.1 Å². The smallest absolute Gasteiger partial charge is 0.271 e. The third-order valence-corrected chi connectivity index (χ3v) is 3.17. The maximum absolute atomic E-state index is 12.0. The SMILES string of the molecule is CCC(=O)Nc1ccc(C(=O)NN=Cc2cccc(C)c2)cc1. The van der Waals surface area contributed by atoms with Crippen molar-refractivity contribution in [3.05, 3.63) is 65.2 Å².